The molecule has 9 nitrogen and oxygen atoms in total. The SMILES string of the molecule is CNc1sc(S(=O)(=O)N2CCOC(CO)C2)cc1[N+](=O)[O-]. The molecule has 1 aromatic rings. The fourth-order valence-electron chi connectivity index (χ4n) is 1.95. The third kappa shape index (κ3) is 3.16. The second-order valence-corrected chi connectivity index (χ2v) is 7.54. The smallest absolute Gasteiger partial charge is 0.304 e. The maximum Gasteiger partial charge on any atom is 0.304 e. The molecule has 21 heavy (non-hydrogen) atoms. The zero-order valence-corrected chi connectivity index (χ0v) is 12.8. The van der Waals surface area contributed by atoms with Crippen molar-refractivity contribution in [2.45, 2.75) is 10.3 Å². The highest BCUT2D eigenvalue weighted by atomic mass is 32.2. The highest BCUT2D eigenvalue weighted by molar-refractivity contribution is 7.91. The predicted octanol–water partition coefficient (Wildman–Crippen LogP) is 0.0798. The number of hydrogen-bond donors (Lipinski definition) is 2. The standard InChI is InChI=1S/C10H15N3O6S2/c1-11-10-8(13(15)16)4-9(20-10)21(17,18)12-2-3-19-7(5-12)6-14/h4,7,11,14H,2-3,5-6H2,1H3. The van der Waals surface area contributed by atoms with Crippen LogP contribution in [0.4, 0.5) is 10.7 Å². The Bertz CT molecular complexity index is 629. The Morgan fingerprint density at radius 2 is 2.38 bits per heavy atom. The Balaban J connectivity index is 2.33. The van der Waals surface area contributed by atoms with Crippen LogP contribution in [-0.2, 0) is 14.8 Å². The minimum absolute atomic E-state index is 0.0272. The van der Waals surface area contributed by atoms with Crippen LogP contribution in [0.25, 0.3) is 0 Å². The van der Waals surface area contributed by atoms with Gasteiger partial charge in [0.25, 0.3) is 10.0 Å². The van der Waals surface area contributed by atoms with Crippen molar-refractivity contribution in [2.75, 3.05) is 38.7 Å². The highest BCUT2D eigenvalue weighted by Gasteiger charge is 2.34. The number of morpholine rings is 1. The molecule has 1 aliphatic rings. The zero-order chi connectivity index (χ0) is 15.6. The summed E-state index contributed by atoms with van der Waals surface area (Å²) in [4.78, 5) is 10.3. The molecule has 0 amide bonds. The maximum absolute atomic E-state index is 12.5. The van der Waals surface area contributed by atoms with Crippen molar-refractivity contribution in [3.05, 3.63) is 16.2 Å². The fourth-order valence-corrected chi connectivity index (χ4v) is 4.84. The average molecular weight is 337 g/mol. The van der Waals surface area contributed by atoms with E-state index in [-0.39, 0.29) is 41.2 Å². The van der Waals surface area contributed by atoms with Gasteiger partial charge in [-0.15, -0.1) is 0 Å². The number of hydrogen-bond acceptors (Lipinski definition) is 8. The van der Waals surface area contributed by atoms with Gasteiger partial charge < -0.3 is 15.2 Å². The van der Waals surface area contributed by atoms with E-state index in [2.05, 4.69) is 5.32 Å². The molecule has 2 heterocycles. The van der Waals surface area contributed by atoms with Gasteiger partial charge in [-0.2, -0.15) is 4.31 Å². The number of nitrogens with one attached hydrogen (secondary N) is 1. The topological polar surface area (TPSA) is 122 Å². The first-order chi connectivity index (χ1) is 9.90. The van der Waals surface area contributed by atoms with Crippen LogP contribution in [-0.4, -0.2) is 62.2 Å². The van der Waals surface area contributed by atoms with Crippen molar-refractivity contribution < 1.29 is 23.2 Å². The molecular weight excluding hydrogens is 322 g/mol. The molecule has 1 unspecified atom stereocenters. The van der Waals surface area contributed by atoms with Gasteiger partial charge in [0.15, 0.2) is 5.00 Å². The van der Waals surface area contributed by atoms with Gasteiger partial charge in [-0.25, -0.2) is 8.42 Å². The first-order valence-electron chi connectivity index (χ1n) is 6.08. The van der Waals surface area contributed by atoms with Crippen molar-refractivity contribution >= 4 is 32.0 Å². The lowest BCUT2D eigenvalue weighted by Crippen LogP contribution is -2.46. The van der Waals surface area contributed by atoms with Crippen molar-refractivity contribution in [1.29, 1.82) is 0 Å². The molecule has 11 heteroatoms. The number of thiophene rings is 1. The zero-order valence-electron chi connectivity index (χ0n) is 11.2. The second kappa shape index (κ2) is 6.23. The lowest BCUT2D eigenvalue weighted by atomic mass is 10.3. The highest BCUT2D eigenvalue weighted by Crippen LogP contribution is 2.38. The summed E-state index contributed by atoms with van der Waals surface area (Å²) in [5, 5.41) is 22.8. The minimum Gasteiger partial charge on any atom is -0.394 e. The van der Waals surface area contributed by atoms with Crippen molar-refractivity contribution in [2.24, 2.45) is 0 Å². The van der Waals surface area contributed by atoms with E-state index >= 15 is 0 Å². The normalized spacial score (nSPS) is 20.4. The Labute approximate surface area is 125 Å². The van der Waals surface area contributed by atoms with Crippen molar-refractivity contribution in [3.63, 3.8) is 0 Å². The molecule has 0 aromatic carbocycles. The van der Waals surface area contributed by atoms with Crippen LogP contribution >= 0.6 is 11.3 Å². The summed E-state index contributed by atoms with van der Waals surface area (Å²) in [7, 11) is -2.34. The van der Waals surface area contributed by atoms with Gasteiger partial charge in [0.1, 0.15) is 4.21 Å². The van der Waals surface area contributed by atoms with E-state index in [1.54, 1.807) is 0 Å². The number of nitro groups is 1. The van der Waals surface area contributed by atoms with E-state index in [1.165, 1.54) is 11.4 Å². The summed E-state index contributed by atoms with van der Waals surface area (Å²) in [5.41, 5.74) is -0.270. The number of nitrogens with zero attached hydrogens (tertiary/aromatic N) is 2. The molecule has 2 N–H and O–H groups in total. The number of aliphatic hydroxyl groups excluding tert-OH is 1. The summed E-state index contributed by atoms with van der Waals surface area (Å²) in [6.45, 7) is 0.0774. The number of aliphatic hydroxyl groups is 1. The Kier molecular flexibility index (Phi) is 4.78. The van der Waals surface area contributed by atoms with Crippen LogP contribution in [0, 0.1) is 10.1 Å². The third-order valence-corrected chi connectivity index (χ3v) is 6.47. The lowest BCUT2D eigenvalue weighted by molar-refractivity contribution is -0.383. The first-order valence-corrected chi connectivity index (χ1v) is 8.34. The summed E-state index contributed by atoms with van der Waals surface area (Å²) >= 11 is 0.812. The summed E-state index contributed by atoms with van der Waals surface area (Å²) in [6.07, 6.45) is -0.577. The largest absolute Gasteiger partial charge is 0.394 e. The second-order valence-electron chi connectivity index (χ2n) is 4.33. The summed E-state index contributed by atoms with van der Waals surface area (Å²) in [5.74, 6) is 0. The van der Waals surface area contributed by atoms with E-state index in [0.717, 1.165) is 17.4 Å². The molecule has 1 atom stereocenters. The average Bonchev–Trinajstić information content (AvgIpc) is 2.92. The maximum atomic E-state index is 12.5. The van der Waals surface area contributed by atoms with Crippen LogP contribution in [0.15, 0.2) is 10.3 Å². The third-order valence-electron chi connectivity index (χ3n) is 3.01. The van der Waals surface area contributed by atoms with Gasteiger partial charge in [-0.1, -0.05) is 11.3 Å². The Morgan fingerprint density at radius 1 is 1.67 bits per heavy atom. The monoisotopic (exact) mass is 337 g/mol. The molecule has 0 aliphatic carbocycles. The van der Waals surface area contributed by atoms with Gasteiger partial charge in [0.2, 0.25) is 0 Å². The quantitative estimate of drug-likeness (QED) is 0.576. The molecule has 1 aromatic heterocycles. The minimum atomic E-state index is -3.83. The molecule has 118 valence electrons. The van der Waals surface area contributed by atoms with Crippen LogP contribution in [0.3, 0.4) is 0 Å². The van der Waals surface area contributed by atoms with Crippen LogP contribution < -0.4 is 5.32 Å². The summed E-state index contributed by atoms with van der Waals surface area (Å²) < 4.78 is 31.3. The number of sulfonamides is 1. The number of rotatable bonds is 5. The molecule has 0 radical (unpaired) electrons. The molecule has 2 rings (SSSR count). The van der Waals surface area contributed by atoms with Crippen LogP contribution in [0.1, 0.15) is 0 Å². The number of ether oxygens (including phenoxy) is 1. The van der Waals surface area contributed by atoms with E-state index in [4.69, 9.17) is 9.84 Å². The van der Waals surface area contributed by atoms with Gasteiger partial charge in [-0.3, -0.25) is 10.1 Å². The predicted molar refractivity (Wildman–Crippen MR) is 76.1 cm³/mol. The molecule has 1 saturated heterocycles. The van der Waals surface area contributed by atoms with Crippen LogP contribution in [0.5, 0.6) is 0 Å². The fraction of sp³-hybridized carbons (Fsp3) is 0.600. The van der Waals surface area contributed by atoms with Crippen molar-refractivity contribution in [3.8, 4) is 0 Å². The van der Waals surface area contributed by atoms with Crippen molar-refractivity contribution in [1.82, 2.24) is 4.31 Å². The van der Waals surface area contributed by atoms with Gasteiger partial charge in [-0.05, 0) is 0 Å². The van der Waals surface area contributed by atoms with Gasteiger partial charge >= 0.3 is 5.69 Å². The number of anilines is 1. The molecule has 1 fully saturated rings. The lowest BCUT2D eigenvalue weighted by Gasteiger charge is -2.30. The van der Waals surface area contributed by atoms with Gasteiger partial charge in [0, 0.05) is 26.2 Å². The molecule has 0 bridgehead atoms. The van der Waals surface area contributed by atoms with E-state index in [0.29, 0.717) is 0 Å². The Morgan fingerprint density at radius 3 is 2.90 bits per heavy atom. The molecular formula is C10H15N3O6S2. The molecule has 1 aliphatic heterocycles. The van der Waals surface area contributed by atoms with E-state index in [9.17, 15) is 18.5 Å². The first kappa shape index (κ1) is 16.1. The van der Waals surface area contributed by atoms with Crippen LogP contribution in [0.2, 0.25) is 0 Å². The molecule has 0 spiro atoms. The van der Waals surface area contributed by atoms with E-state index < -0.39 is 21.1 Å². The van der Waals surface area contributed by atoms with E-state index in [1.807, 2.05) is 0 Å². The summed E-state index contributed by atoms with van der Waals surface area (Å²) in [6, 6.07) is 1.05. The molecule has 0 saturated carbocycles. The van der Waals surface area contributed by atoms with Gasteiger partial charge in [0.05, 0.1) is 24.2 Å². The Hall–Kier alpha value is -1.27.